The Bertz CT molecular complexity index is 1070. The van der Waals surface area contributed by atoms with Crippen LogP contribution in [-0.4, -0.2) is 53.3 Å². The predicted octanol–water partition coefficient (Wildman–Crippen LogP) is 5.08. The topological polar surface area (TPSA) is 56.1 Å². The number of benzene rings is 1. The Labute approximate surface area is 186 Å². The van der Waals surface area contributed by atoms with Crippen molar-refractivity contribution in [3.05, 3.63) is 56.7 Å². The molecule has 1 aliphatic heterocycles. The standard InChI is InChI=1S/C20H18BrCl2N3O3/c1-28-20(27)25-6-7-29-14(11-25)10-17-19(15-3-2-12(21)8-16(15)23)24-18-9-13(22)4-5-26(17)18/h2-5,8-9,14H,6-7,10-11H2,1H3/t14-/m0/s1. The zero-order valence-electron chi connectivity index (χ0n) is 15.6. The molecule has 4 rings (SSSR count). The number of aromatic nitrogens is 2. The Morgan fingerprint density at radius 3 is 2.93 bits per heavy atom. The molecule has 0 spiro atoms. The van der Waals surface area contributed by atoms with Crippen molar-refractivity contribution in [2.45, 2.75) is 12.5 Å². The smallest absolute Gasteiger partial charge is 0.409 e. The van der Waals surface area contributed by atoms with Gasteiger partial charge in [-0.2, -0.15) is 0 Å². The van der Waals surface area contributed by atoms with E-state index in [-0.39, 0.29) is 12.2 Å². The van der Waals surface area contributed by atoms with E-state index in [1.807, 2.05) is 40.9 Å². The Morgan fingerprint density at radius 2 is 2.17 bits per heavy atom. The van der Waals surface area contributed by atoms with Gasteiger partial charge < -0.3 is 18.8 Å². The summed E-state index contributed by atoms with van der Waals surface area (Å²) in [6.07, 6.45) is 1.90. The third-order valence-corrected chi connectivity index (χ3v) is 5.91. The van der Waals surface area contributed by atoms with Crippen LogP contribution in [0, 0.1) is 0 Å². The Kier molecular flexibility index (Phi) is 6.01. The van der Waals surface area contributed by atoms with Crippen molar-refractivity contribution >= 4 is 50.9 Å². The fourth-order valence-electron chi connectivity index (χ4n) is 3.52. The summed E-state index contributed by atoms with van der Waals surface area (Å²) in [5, 5.41) is 1.20. The average Bonchev–Trinajstić information content (AvgIpc) is 3.04. The lowest BCUT2D eigenvalue weighted by Gasteiger charge is -2.32. The fourth-order valence-corrected chi connectivity index (χ4v) is 4.43. The van der Waals surface area contributed by atoms with E-state index in [9.17, 15) is 4.79 Å². The summed E-state index contributed by atoms with van der Waals surface area (Å²) < 4.78 is 13.7. The second-order valence-corrected chi connectivity index (χ2v) is 8.48. The molecule has 6 nitrogen and oxygen atoms in total. The summed E-state index contributed by atoms with van der Waals surface area (Å²) >= 11 is 16.1. The minimum absolute atomic E-state index is 0.189. The summed E-state index contributed by atoms with van der Waals surface area (Å²) in [5.74, 6) is 0. The zero-order valence-corrected chi connectivity index (χ0v) is 18.7. The fraction of sp³-hybridized carbons (Fsp3) is 0.300. The van der Waals surface area contributed by atoms with E-state index in [0.29, 0.717) is 36.2 Å². The molecule has 0 aliphatic carbocycles. The first-order chi connectivity index (χ1) is 14.0. The summed E-state index contributed by atoms with van der Waals surface area (Å²) in [6, 6.07) is 9.33. The molecule has 152 valence electrons. The molecule has 1 amide bonds. The van der Waals surface area contributed by atoms with Crippen LogP contribution >= 0.6 is 39.1 Å². The molecule has 3 aromatic rings. The number of methoxy groups -OCH3 is 1. The van der Waals surface area contributed by atoms with E-state index in [1.165, 1.54) is 7.11 Å². The number of carbonyl (C=O) groups is 1. The van der Waals surface area contributed by atoms with Crippen LogP contribution in [0.15, 0.2) is 41.0 Å². The van der Waals surface area contributed by atoms with Gasteiger partial charge in [-0.25, -0.2) is 9.78 Å². The number of pyridine rings is 1. The van der Waals surface area contributed by atoms with Crippen LogP contribution in [-0.2, 0) is 15.9 Å². The molecule has 3 heterocycles. The van der Waals surface area contributed by atoms with Gasteiger partial charge >= 0.3 is 6.09 Å². The highest BCUT2D eigenvalue weighted by Crippen LogP contribution is 2.34. The first-order valence-corrected chi connectivity index (χ1v) is 10.6. The normalized spacial score (nSPS) is 17.0. The SMILES string of the molecule is COC(=O)N1CCO[C@@H](Cc2c(-c3ccc(Br)cc3Cl)nc3cc(Cl)ccn23)C1. The number of halogens is 3. The highest BCUT2D eigenvalue weighted by molar-refractivity contribution is 9.10. The van der Waals surface area contributed by atoms with Gasteiger partial charge in [0.1, 0.15) is 5.65 Å². The number of ether oxygens (including phenoxy) is 2. The van der Waals surface area contributed by atoms with Crippen LogP contribution in [0.25, 0.3) is 16.9 Å². The molecule has 1 aliphatic rings. The van der Waals surface area contributed by atoms with Gasteiger partial charge in [0, 0.05) is 40.3 Å². The number of fused-ring (bicyclic) bond motifs is 1. The molecule has 0 unspecified atom stereocenters. The molecule has 1 saturated heterocycles. The quantitative estimate of drug-likeness (QED) is 0.505. The van der Waals surface area contributed by atoms with Crippen LogP contribution in [0.1, 0.15) is 5.69 Å². The van der Waals surface area contributed by atoms with Crippen LogP contribution < -0.4 is 0 Å². The van der Waals surface area contributed by atoms with E-state index in [4.69, 9.17) is 37.7 Å². The van der Waals surface area contributed by atoms with Crippen LogP contribution in [0.4, 0.5) is 4.79 Å². The molecule has 2 aromatic heterocycles. The molecule has 0 saturated carbocycles. The lowest BCUT2D eigenvalue weighted by molar-refractivity contribution is -0.0241. The largest absolute Gasteiger partial charge is 0.453 e. The van der Waals surface area contributed by atoms with Gasteiger partial charge in [0.2, 0.25) is 0 Å². The number of rotatable bonds is 3. The van der Waals surface area contributed by atoms with Gasteiger partial charge in [-0.15, -0.1) is 0 Å². The summed E-state index contributed by atoms with van der Waals surface area (Å²) in [5.41, 5.74) is 3.26. The van der Waals surface area contributed by atoms with Crippen LogP contribution in [0.2, 0.25) is 10.0 Å². The molecule has 0 bridgehead atoms. The summed E-state index contributed by atoms with van der Waals surface area (Å²) in [6.45, 7) is 1.41. The minimum atomic E-state index is -0.348. The first-order valence-electron chi connectivity index (χ1n) is 9.02. The van der Waals surface area contributed by atoms with Crippen molar-refractivity contribution in [1.82, 2.24) is 14.3 Å². The van der Waals surface area contributed by atoms with Crippen molar-refractivity contribution in [3.8, 4) is 11.3 Å². The van der Waals surface area contributed by atoms with E-state index in [1.54, 1.807) is 4.90 Å². The highest BCUT2D eigenvalue weighted by atomic mass is 79.9. The van der Waals surface area contributed by atoms with Crippen LogP contribution in [0.3, 0.4) is 0 Å². The van der Waals surface area contributed by atoms with Crippen molar-refractivity contribution in [2.24, 2.45) is 0 Å². The minimum Gasteiger partial charge on any atom is -0.453 e. The predicted molar refractivity (Wildman–Crippen MR) is 116 cm³/mol. The van der Waals surface area contributed by atoms with Crippen molar-refractivity contribution < 1.29 is 14.3 Å². The zero-order chi connectivity index (χ0) is 20.5. The van der Waals surface area contributed by atoms with E-state index < -0.39 is 0 Å². The van der Waals surface area contributed by atoms with Gasteiger partial charge in [-0.05, 0) is 18.2 Å². The molecule has 0 radical (unpaired) electrons. The van der Waals surface area contributed by atoms with E-state index >= 15 is 0 Å². The number of imidazole rings is 1. The summed E-state index contributed by atoms with van der Waals surface area (Å²) in [7, 11) is 1.38. The van der Waals surface area contributed by atoms with Gasteiger partial charge in [0.15, 0.2) is 0 Å². The second kappa shape index (κ2) is 8.52. The maximum absolute atomic E-state index is 11.9. The molecule has 9 heteroatoms. The van der Waals surface area contributed by atoms with Gasteiger partial charge in [-0.1, -0.05) is 45.2 Å². The molecule has 1 aromatic carbocycles. The molecule has 1 fully saturated rings. The van der Waals surface area contributed by atoms with Crippen molar-refractivity contribution in [2.75, 3.05) is 26.8 Å². The number of carbonyl (C=O) groups excluding carboxylic acids is 1. The summed E-state index contributed by atoms with van der Waals surface area (Å²) in [4.78, 5) is 18.4. The van der Waals surface area contributed by atoms with Gasteiger partial charge in [0.05, 0.1) is 42.8 Å². The molecular weight excluding hydrogens is 481 g/mol. The Morgan fingerprint density at radius 1 is 1.34 bits per heavy atom. The van der Waals surface area contributed by atoms with Crippen molar-refractivity contribution in [3.63, 3.8) is 0 Å². The molecule has 0 N–H and O–H groups in total. The highest BCUT2D eigenvalue weighted by Gasteiger charge is 2.27. The van der Waals surface area contributed by atoms with Crippen molar-refractivity contribution in [1.29, 1.82) is 0 Å². The number of hydrogen-bond donors (Lipinski definition) is 0. The lowest BCUT2D eigenvalue weighted by Crippen LogP contribution is -2.46. The first kappa shape index (κ1) is 20.5. The third kappa shape index (κ3) is 4.23. The maximum Gasteiger partial charge on any atom is 0.409 e. The van der Waals surface area contributed by atoms with Crippen LogP contribution in [0.5, 0.6) is 0 Å². The molecular formula is C20H18BrCl2N3O3. The van der Waals surface area contributed by atoms with Gasteiger partial charge in [0.25, 0.3) is 0 Å². The number of nitrogens with zero attached hydrogens (tertiary/aromatic N) is 3. The van der Waals surface area contributed by atoms with Gasteiger partial charge in [-0.3, -0.25) is 0 Å². The molecule has 1 atom stereocenters. The monoisotopic (exact) mass is 497 g/mol. The second-order valence-electron chi connectivity index (χ2n) is 6.72. The Balaban J connectivity index is 1.75. The average molecular weight is 499 g/mol. The van der Waals surface area contributed by atoms with E-state index in [0.717, 1.165) is 27.1 Å². The molecule has 29 heavy (non-hydrogen) atoms. The third-order valence-electron chi connectivity index (χ3n) is 4.87. The number of hydrogen-bond acceptors (Lipinski definition) is 4. The Hall–Kier alpha value is -1.80. The lowest BCUT2D eigenvalue weighted by atomic mass is 10.1. The van der Waals surface area contributed by atoms with E-state index in [2.05, 4.69) is 15.9 Å². The number of morpholine rings is 1. The maximum atomic E-state index is 11.9. The number of amides is 1.